The fourth-order valence-electron chi connectivity index (χ4n) is 1.48. The van der Waals surface area contributed by atoms with Gasteiger partial charge in [-0.1, -0.05) is 6.07 Å². The van der Waals surface area contributed by atoms with E-state index >= 15 is 0 Å². The second-order valence-corrected chi connectivity index (χ2v) is 4.46. The van der Waals surface area contributed by atoms with E-state index in [1.807, 2.05) is 24.3 Å². The number of benzene rings is 1. The third kappa shape index (κ3) is 2.14. The SMILES string of the molecule is COC1=CC(=O)N(c2cccc(I)c2)C1. The van der Waals surface area contributed by atoms with Crippen molar-refractivity contribution in [2.75, 3.05) is 18.6 Å². The number of methoxy groups -OCH3 is 1. The van der Waals surface area contributed by atoms with Crippen LogP contribution in [0, 0.1) is 3.57 Å². The molecule has 0 radical (unpaired) electrons. The molecular formula is C11H10INO2. The van der Waals surface area contributed by atoms with Crippen molar-refractivity contribution >= 4 is 34.2 Å². The fourth-order valence-corrected chi connectivity index (χ4v) is 2.01. The molecule has 1 aliphatic heterocycles. The molecule has 3 nitrogen and oxygen atoms in total. The van der Waals surface area contributed by atoms with E-state index in [-0.39, 0.29) is 5.91 Å². The first kappa shape index (κ1) is 10.5. The first-order valence-corrected chi connectivity index (χ1v) is 5.60. The van der Waals surface area contributed by atoms with E-state index in [0.717, 1.165) is 9.26 Å². The molecule has 1 aliphatic rings. The molecule has 1 amide bonds. The number of nitrogens with zero attached hydrogens (tertiary/aromatic N) is 1. The van der Waals surface area contributed by atoms with Crippen LogP contribution in [0.4, 0.5) is 5.69 Å². The van der Waals surface area contributed by atoms with Gasteiger partial charge in [0.1, 0.15) is 5.76 Å². The molecule has 0 unspecified atom stereocenters. The van der Waals surface area contributed by atoms with Gasteiger partial charge in [-0.2, -0.15) is 0 Å². The zero-order valence-corrected chi connectivity index (χ0v) is 10.4. The molecule has 0 atom stereocenters. The topological polar surface area (TPSA) is 29.5 Å². The summed E-state index contributed by atoms with van der Waals surface area (Å²) in [7, 11) is 1.58. The minimum atomic E-state index is -0.0196. The molecule has 15 heavy (non-hydrogen) atoms. The van der Waals surface area contributed by atoms with Crippen LogP contribution in [0.25, 0.3) is 0 Å². The molecule has 0 fully saturated rings. The van der Waals surface area contributed by atoms with Gasteiger partial charge in [0.25, 0.3) is 5.91 Å². The molecule has 0 spiro atoms. The molecule has 0 N–H and O–H groups in total. The number of rotatable bonds is 2. The molecule has 1 aromatic rings. The van der Waals surface area contributed by atoms with Gasteiger partial charge in [0.05, 0.1) is 13.7 Å². The highest BCUT2D eigenvalue weighted by molar-refractivity contribution is 14.1. The Bertz CT molecular complexity index is 428. The van der Waals surface area contributed by atoms with Crippen LogP contribution in [0.15, 0.2) is 36.1 Å². The van der Waals surface area contributed by atoms with Gasteiger partial charge < -0.3 is 9.64 Å². The van der Waals surface area contributed by atoms with E-state index in [9.17, 15) is 4.79 Å². The third-order valence-electron chi connectivity index (χ3n) is 2.25. The normalized spacial score (nSPS) is 15.5. The Labute approximate surface area is 102 Å². The molecule has 4 heteroatoms. The molecule has 0 aliphatic carbocycles. The van der Waals surface area contributed by atoms with Crippen LogP contribution in [0.3, 0.4) is 0 Å². The number of amides is 1. The summed E-state index contributed by atoms with van der Waals surface area (Å²) >= 11 is 2.23. The smallest absolute Gasteiger partial charge is 0.254 e. The molecule has 0 bridgehead atoms. The number of anilines is 1. The van der Waals surface area contributed by atoms with E-state index < -0.39 is 0 Å². The van der Waals surface area contributed by atoms with Gasteiger partial charge in [0, 0.05) is 15.3 Å². The monoisotopic (exact) mass is 315 g/mol. The van der Waals surface area contributed by atoms with Crippen LogP contribution in [0.2, 0.25) is 0 Å². The standard InChI is InChI=1S/C11H10INO2/c1-15-10-6-11(14)13(7-10)9-4-2-3-8(12)5-9/h2-6H,7H2,1H3. The van der Waals surface area contributed by atoms with Crippen LogP contribution in [-0.2, 0) is 9.53 Å². The summed E-state index contributed by atoms with van der Waals surface area (Å²) in [5.74, 6) is 0.688. The molecule has 0 saturated carbocycles. The number of hydrogen-bond acceptors (Lipinski definition) is 2. The second-order valence-electron chi connectivity index (χ2n) is 3.22. The maximum absolute atomic E-state index is 11.6. The summed E-state index contributed by atoms with van der Waals surface area (Å²) in [6.07, 6.45) is 1.53. The van der Waals surface area contributed by atoms with Gasteiger partial charge in [0.2, 0.25) is 0 Å². The lowest BCUT2D eigenvalue weighted by atomic mass is 10.3. The zero-order valence-electron chi connectivity index (χ0n) is 8.24. The van der Waals surface area contributed by atoms with E-state index in [1.54, 1.807) is 12.0 Å². The van der Waals surface area contributed by atoms with Crippen LogP contribution in [0.1, 0.15) is 0 Å². The summed E-state index contributed by atoms with van der Waals surface area (Å²) in [6, 6.07) is 7.84. The lowest BCUT2D eigenvalue weighted by molar-refractivity contribution is -0.113. The molecule has 2 rings (SSSR count). The number of ether oxygens (including phenoxy) is 1. The third-order valence-corrected chi connectivity index (χ3v) is 2.92. The lowest BCUT2D eigenvalue weighted by Gasteiger charge is -2.16. The van der Waals surface area contributed by atoms with Crippen LogP contribution in [-0.4, -0.2) is 19.6 Å². The van der Waals surface area contributed by atoms with Crippen LogP contribution >= 0.6 is 22.6 Å². The van der Waals surface area contributed by atoms with Crippen molar-refractivity contribution in [2.24, 2.45) is 0 Å². The number of carbonyl (C=O) groups excluding carboxylic acids is 1. The lowest BCUT2D eigenvalue weighted by Crippen LogP contribution is -2.25. The van der Waals surface area contributed by atoms with Gasteiger partial charge in [-0.15, -0.1) is 0 Å². The molecule has 78 valence electrons. The predicted molar refractivity (Wildman–Crippen MR) is 66.6 cm³/mol. The van der Waals surface area contributed by atoms with Crippen molar-refractivity contribution in [3.63, 3.8) is 0 Å². The van der Waals surface area contributed by atoms with Crippen molar-refractivity contribution in [2.45, 2.75) is 0 Å². The minimum absolute atomic E-state index is 0.0196. The van der Waals surface area contributed by atoms with Crippen molar-refractivity contribution in [3.05, 3.63) is 39.7 Å². The Balaban J connectivity index is 2.24. The average Bonchev–Trinajstić information content (AvgIpc) is 2.60. The van der Waals surface area contributed by atoms with E-state index in [2.05, 4.69) is 22.6 Å². The Morgan fingerprint density at radius 2 is 2.27 bits per heavy atom. The zero-order chi connectivity index (χ0) is 10.8. The van der Waals surface area contributed by atoms with Gasteiger partial charge in [-0.05, 0) is 40.8 Å². The minimum Gasteiger partial charge on any atom is -0.499 e. The maximum atomic E-state index is 11.6. The maximum Gasteiger partial charge on any atom is 0.254 e. The highest BCUT2D eigenvalue weighted by Crippen LogP contribution is 2.22. The Morgan fingerprint density at radius 3 is 2.87 bits per heavy atom. The number of carbonyl (C=O) groups is 1. The Morgan fingerprint density at radius 1 is 1.47 bits per heavy atom. The number of halogens is 1. The summed E-state index contributed by atoms with van der Waals surface area (Å²) in [5.41, 5.74) is 0.912. The molecule has 0 saturated heterocycles. The van der Waals surface area contributed by atoms with Gasteiger partial charge >= 0.3 is 0 Å². The summed E-state index contributed by atoms with van der Waals surface area (Å²) in [4.78, 5) is 13.3. The predicted octanol–water partition coefficient (Wildman–Crippen LogP) is 2.17. The Kier molecular flexibility index (Phi) is 2.95. The number of hydrogen-bond donors (Lipinski definition) is 0. The largest absolute Gasteiger partial charge is 0.499 e. The van der Waals surface area contributed by atoms with Gasteiger partial charge in [-0.25, -0.2) is 0 Å². The quantitative estimate of drug-likeness (QED) is 0.783. The van der Waals surface area contributed by atoms with Crippen molar-refractivity contribution in [1.29, 1.82) is 0 Å². The first-order valence-electron chi connectivity index (χ1n) is 4.52. The van der Waals surface area contributed by atoms with Crippen molar-refractivity contribution < 1.29 is 9.53 Å². The summed E-state index contributed by atoms with van der Waals surface area (Å²) < 4.78 is 6.17. The second kappa shape index (κ2) is 4.22. The molecular weight excluding hydrogens is 305 g/mol. The van der Waals surface area contributed by atoms with Crippen LogP contribution < -0.4 is 4.90 Å². The van der Waals surface area contributed by atoms with E-state index in [1.165, 1.54) is 6.08 Å². The van der Waals surface area contributed by atoms with Gasteiger partial charge in [-0.3, -0.25) is 4.79 Å². The highest BCUT2D eigenvalue weighted by Gasteiger charge is 2.23. The summed E-state index contributed by atoms with van der Waals surface area (Å²) in [6.45, 7) is 0.523. The van der Waals surface area contributed by atoms with Crippen LogP contribution in [0.5, 0.6) is 0 Å². The molecule has 1 heterocycles. The summed E-state index contributed by atoms with van der Waals surface area (Å²) in [5, 5.41) is 0. The Hall–Kier alpha value is -1.04. The average molecular weight is 315 g/mol. The highest BCUT2D eigenvalue weighted by atomic mass is 127. The van der Waals surface area contributed by atoms with Crippen molar-refractivity contribution in [1.82, 2.24) is 0 Å². The van der Waals surface area contributed by atoms with Crippen molar-refractivity contribution in [3.8, 4) is 0 Å². The van der Waals surface area contributed by atoms with E-state index in [4.69, 9.17) is 4.74 Å². The molecule has 1 aromatic carbocycles. The van der Waals surface area contributed by atoms with Gasteiger partial charge in [0.15, 0.2) is 0 Å². The fraction of sp³-hybridized carbons (Fsp3) is 0.182. The first-order chi connectivity index (χ1) is 7.20. The molecule has 0 aromatic heterocycles. The van der Waals surface area contributed by atoms with E-state index in [0.29, 0.717) is 12.3 Å².